The van der Waals surface area contributed by atoms with E-state index in [1.54, 1.807) is 0 Å². The number of nitrogens with one attached hydrogen (secondary N) is 1. The lowest BCUT2D eigenvalue weighted by atomic mass is 9.91. The quantitative estimate of drug-likeness (QED) is 0.737. The topological polar surface area (TPSA) is 64.1 Å². The number of rotatable bonds is 4. The van der Waals surface area contributed by atoms with Gasteiger partial charge in [-0.25, -0.2) is 0 Å². The van der Waals surface area contributed by atoms with E-state index in [4.69, 9.17) is 11.5 Å². The van der Waals surface area contributed by atoms with Gasteiger partial charge >= 0.3 is 0 Å². The molecule has 112 valence electrons. The summed E-state index contributed by atoms with van der Waals surface area (Å²) in [4.78, 5) is 0. The van der Waals surface area contributed by atoms with E-state index in [0.717, 1.165) is 35.5 Å². The zero-order valence-corrected chi connectivity index (χ0v) is 12.5. The first-order chi connectivity index (χ1) is 10.7. The van der Waals surface area contributed by atoms with Crippen molar-refractivity contribution >= 4 is 17.1 Å². The summed E-state index contributed by atoms with van der Waals surface area (Å²) >= 11 is 0. The molecular weight excluding hydrogens is 270 g/mol. The largest absolute Gasteiger partial charge is 0.399 e. The first-order valence-electron chi connectivity index (χ1n) is 7.56. The Morgan fingerprint density at radius 1 is 0.955 bits per heavy atom. The first-order valence-corrected chi connectivity index (χ1v) is 7.56. The summed E-state index contributed by atoms with van der Waals surface area (Å²) < 4.78 is 0. The van der Waals surface area contributed by atoms with Crippen LogP contribution in [0.5, 0.6) is 0 Å². The molecule has 0 amide bonds. The lowest BCUT2D eigenvalue weighted by Gasteiger charge is -2.26. The van der Waals surface area contributed by atoms with Crippen LogP contribution in [-0.4, -0.2) is 0 Å². The molecule has 0 heterocycles. The smallest absolute Gasteiger partial charge is 0.0750 e. The van der Waals surface area contributed by atoms with Crippen molar-refractivity contribution in [3.05, 3.63) is 77.9 Å². The maximum atomic E-state index is 6.20. The minimum Gasteiger partial charge on any atom is -0.399 e. The molecule has 3 heteroatoms. The first kappa shape index (κ1) is 14.3. The number of nitrogen functional groups attached to an aromatic ring is 2. The summed E-state index contributed by atoms with van der Waals surface area (Å²) in [5.74, 6) is 0. The number of hydrogen-bond donors (Lipinski definition) is 3. The predicted octanol–water partition coefficient (Wildman–Crippen LogP) is 4.28. The van der Waals surface area contributed by atoms with E-state index in [1.807, 2.05) is 42.5 Å². The molecule has 0 aromatic heterocycles. The van der Waals surface area contributed by atoms with E-state index < -0.39 is 0 Å². The van der Waals surface area contributed by atoms with Crippen LogP contribution in [0.1, 0.15) is 24.4 Å². The van der Waals surface area contributed by atoms with E-state index >= 15 is 0 Å². The Balaban J connectivity index is 1.96. The monoisotopic (exact) mass is 291 g/mol. The minimum atomic E-state index is 0.0785. The SMILES string of the molecule is Nc1ccc(NC(C2=CC=CCC2)c2ccccc2N)cc1. The van der Waals surface area contributed by atoms with E-state index in [9.17, 15) is 0 Å². The van der Waals surface area contributed by atoms with Crippen molar-refractivity contribution in [2.24, 2.45) is 0 Å². The fourth-order valence-corrected chi connectivity index (χ4v) is 2.75. The summed E-state index contributed by atoms with van der Waals surface area (Å²) in [5, 5.41) is 3.60. The molecular formula is C19H21N3. The molecule has 0 bridgehead atoms. The number of anilines is 3. The van der Waals surface area contributed by atoms with Crippen molar-refractivity contribution in [2.75, 3.05) is 16.8 Å². The van der Waals surface area contributed by atoms with Crippen LogP contribution in [0, 0.1) is 0 Å². The van der Waals surface area contributed by atoms with Crippen molar-refractivity contribution in [1.82, 2.24) is 0 Å². The molecule has 2 aromatic carbocycles. The second-order valence-corrected chi connectivity index (χ2v) is 5.54. The molecule has 0 aliphatic heterocycles. The van der Waals surface area contributed by atoms with Gasteiger partial charge in [0.15, 0.2) is 0 Å². The summed E-state index contributed by atoms with van der Waals surface area (Å²) in [5.41, 5.74) is 17.0. The molecule has 2 aromatic rings. The van der Waals surface area contributed by atoms with Gasteiger partial charge in [0.25, 0.3) is 0 Å². The van der Waals surface area contributed by atoms with E-state index in [0.29, 0.717) is 0 Å². The summed E-state index contributed by atoms with van der Waals surface area (Å²) in [6.45, 7) is 0. The molecule has 1 aliphatic carbocycles. The van der Waals surface area contributed by atoms with Gasteiger partial charge in [-0.3, -0.25) is 0 Å². The Hall–Kier alpha value is -2.68. The molecule has 0 saturated heterocycles. The van der Waals surface area contributed by atoms with Gasteiger partial charge in [0.1, 0.15) is 0 Å². The van der Waals surface area contributed by atoms with Gasteiger partial charge in [-0.1, -0.05) is 36.4 Å². The number of benzene rings is 2. The highest BCUT2D eigenvalue weighted by molar-refractivity contribution is 5.58. The Kier molecular flexibility index (Phi) is 4.15. The maximum absolute atomic E-state index is 6.20. The molecule has 22 heavy (non-hydrogen) atoms. The molecule has 3 nitrogen and oxygen atoms in total. The van der Waals surface area contributed by atoms with Crippen LogP contribution in [-0.2, 0) is 0 Å². The molecule has 5 N–H and O–H groups in total. The van der Waals surface area contributed by atoms with E-state index in [2.05, 4.69) is 29.6 Å². The van der Waals surface area contributed by atoms with Crippen LogP contribution in [0.2, 0.25) is 0 Å². The lowest BCUT2D eigenvalue weighted by Crippen LogP contribution is -2.16. The third kappa shape index (κ3) is 3.14. The van der Waals surface area contributed by atoms with Crippen molar-refractivity contribution in [3.8, 4) is 0 Å². The van der Waals surface area contributed by atoms with Gasteiger partial charge in [-0.05, 0) is 48.7 Å². The summed E-state index contributed by atoms with van der Waals surface area (Å²) in [6.07, 6.45) is 8.61. The molecule has 0 saturated carbocycles. The molecule has 0 fully saturated rings. The van der Waals surface area contributed by atoms with Gasteiger partial charge in [-0.15, -0.1) is 0 Å². The average molecular weight is 291 g/mol. The van der Waals surface area contributed by atoms with Crippen molar-refractivity contribution in [2.45, 2.75) is 18.9 Å². The summed E-state index contributed by atoms with van der Waals surface area (Å²) in [7, 11) is 0. The van der Waals surface area contributed by atoms with Crippen LogP contribution in [0.4, 0.5) is 17.1 Å². The normalized spacial score (nSPS) is 15.2. The Morgan fingerprint density at radius 3 is 2.41 bits per heavy atom. The molecule has 1 aliphatic rings. The lowest BCUT2D eigenvalue weighted by molar-refractivity contribution is 0.812. The van der Waals surface area contributed by atoms with Gasteiger partial charge in [0, 0.05) is 22.6 Å². The standard InChI is InChI=1S/C19H21N3/c20-15-10-12-16(13-11-15)22-19(14-6-2-1-3-7-14)17-8-4-5-9-18(17)21/h1-2,4-6,8-13,19,22H,3,7,20-21H2. The highest BCUT2D eigenvalue weighted by Crippen LogP contribution is 2.34. The van der Waals surface area contributed by atoms with Gasteiger partial charge in [0.2, 0.25) is 0 Å². The Morgan fingerprint density at radius 2 is 1.73 bits per heavy atom. The van der Waals surface area contributed by atoms with Gasteiger partial charge < -0.3 is 16.8 Å². The molecule has 1 atom stereocenters. The number of para-hydroxylation sites is 1. The van der Waals surface area contributed by atoms with Crippen LogP contribution in [0.15, 0.2) is 72.3 Å². The number of hydrogen-bond acceptors (Lipinski definition) is 3. The Labute approximate surface area is 131 Å². The second-order valence-electron chi connectivity index (χ2n) is 5.54. The van der Waals surface area contributed by atoms with Crippen LogP contribution in [0.25, 0.3) is 0 Å². The summed E-state index contributed by atoms with van der Waals surface area (Å²) in [6, 6.07) is 15.9. The zero-order chi connectivity index (χ0) is 15.4. The molecule has 0 spiro atoms. The fraction of sp³-hybridized carbons (Fsp3) is 0.158. The number of nitrogens with two attached hydrogens (primary N) is 2. The van der Waals surface area contributed by atoms with Gasteiger partial charge in [0.05, 0.1) is 6.04 Å². The van der Waals surface area contributed by atoms with Crippen molar-refractivity contribution in [3.63, 3.8) is 0 Å². The predicted molar refractivity (Wildman–Crippen MR) is 94.5 cm³/mol. The minimum absolute atomic E-state index is 0.0785. The molecule has 1 unspecified atom stereocenters. The van der Waals surface area contributed by atoms with Gasteiger partial charge in [-0.2, -0.15) is 0 Å². The molecule has 0 radical (unpaired) electrons. The van der Waals surface area contributed by atoms with Crippen LogP contribution >= 0.6 is 0 Å². The second kappa shape index (κ2) is 6.39. The van der Waals surface area contributed by atoms with Crippen LogP contribution < -0.4 is 16.8 Å². The Bertz CT molecular complexity index is 699. The average Bonchev–Trinajstić information content (AvgIpc) is 2.56. The zero-order valence-electron chi connectivity index (χ0n) is 12.5. The van der Waals surface area contributed by atoms with Crippen molar-refractivity contribution in [1.29, 1.82) is 0 Å². The third-order valence-electron chi connectivity index (χ3n) is 3.95. The third-order valence-corrected chi connectivity index (χ3v) is 3.95. The highest BCUT2D eigenvalue weighted by atomic mass is 14.9. The number of allylic oxidation sites excluding steroid dienone is 3. The van der Waals surface area contributed by atoms with Crippen LogP contribution in [0.3, 0.4) is 0 Å². The van der Waals surface area contributed by atoms with E-state index in [1.165, 1.54) is 5.57 Å². The maximum Gasteiger partial charge on any atom is 0.0750 e. The molecule has 3 rings (SSSR count). The van der Waals surface area contributed by atoms with Crippen molar-refractivity contribution < 1.29 is 0 Å². The highest BCUT2D eigenvalue weighted by Gasteiger charge is 2.19. The fourth-order valence-electron chi connectivity index (χ4n) is 2.75. The van der Waals surface area contributed by atoms with E-state index in [-0.39, 0.29) is 6.04 Å².